The molecule has 0 radical (unpaired) electrons. The molecular formula is C18H15F2N3O. The first-order valence-corrected chi connectivity index (χ1v) is 7.38. The van der Waals surface area contributed by atoms with Gasteiger partial charge in [0.25, 0.3) is 5.91 Å². The number of amides is 1. The lowest BCUT2D eigenvalue weighted by molar-refractivity contribution is 0.0945. The minimum absolute atomic E-state index is 0.178. The third-order valence-electron chi connectivity index (χ3n) is 3.60. The second kappa shape index (κ2) is 6.62. The van der Waals surface area contributed by atoms with E-state index in [9.17, 15) is 13.6 Å². The van der Waals surface area contributed by atoms with E-state index < -0.39 is 5.82 Å². The molecule has 24 heavy (non-hydrogen) atoms. The van der Waals surface area contributed by atoms with E-state index in [1.54, 1.807) is 37.3 Å². The summed E-state index contributed by atoms with van der Waals surface area (Å²) in [5.74, 6) is -1.09. The maximum absolute atomic E-state index is 13.7. The van der Waals surface area contributed by atoms with Crippen LogP contribution in [0.1, 0.15) is 21.6 Å². The second-order valence-corrected chi connectivity index (χ2v) is 5.36. The third-order valence-corrected chi connectivity index (χ3v) is 3.60. The van der Waals surface area contributed by atoms with E-state index in [0.717, 1.165) is 5.56 Å². The van der Waals surface area contributed by atoms with Gasteiger partial charge in [-0.1, -0.05) is 24.3 Å². The summed E-state index contributed by atoms with van der Waals surface area (Å²) in [5, 5.41) is 6.80. The second-order valence-electron chi connectivity index (χ2n) is 5.36. The van der Waals surface area contributed by atoms with Crippen molar-refractivity contribution in [3.8, 4) is 5.69 Å². The average Bonchev–Trinajstić information content (AvgIpc) is 3.06. The minimum Gasteiger partial charge on any atom is -0.347 e. The Morgan fingerprint density at radius 1 is 1.12 bits per heavy atom. The van der Waals surface area contributed by atoms with Gasteiger partial charge in [-0.25, -0.2) is 13.5 Å². The molecule has 4 nitrogen and oxygen atoms in total. The van der Waals surface area contributed by atoms with Crippen molar-refractivity contribution in [2.75, 3.05) is 0 Å². The van der Waals surface area contributed by atoms with Crippen LogP contribution < -0.4 is 5.32 Å². The average molecular weight is 327 g/mol. The Morgan fingerprint density at radius 3 is 2.67 bits per heavy atom. The first-order chi connectivity index (χ1) is 11.5. The smallest absolute Gasteiger partial charge is 0.272 e. The van der Waals surface area contributed by atoms with E-state index in [0.29, 0.717) is 5.56 Å². The van der Waals surface area contributed by atoms with Crippen LogP contribution in [0.4, 0.5) is 8.78 Å². The molecule has 0 aliphatic rings. The fourth-order valence-electron chi connectivity index (χ4n) is 2.31. The number of hydrogen-bond donors (Lipinski definition) is 1. The Bertz CT molecular complexity index is 889. The van der Waals surface area contributed by atoms with Crippen molar-refractivity contribution in [1.29, 1.82) is 0 Å². The topological polar surface area (TPSA) is 46.9 Å². The van der Waals surface area contributed by atoms with E-state index in [-0.39, 0.29) is 29.7 Å². The van der Waals surface area contributed by atoms with E-state index in [2.05, 4.69) is 10.4 Å². The van der Waals surface area contributed by atoms with Gasteiger partial charge in [0.05, 0.1) is 0 Å². The number of halogens is 2. The number of carbonyl (C=O) groups excluding carboxylic acids is 1. The number of nitrogens with zero attached hydrogens (tertiary/aromatic N) is 2. The Hall–Kier alpha value is -3.02. The van der Waals surface area contributed by atoms with Crippen LogP contribution in [0.3, 0.4) is 0 Å². The maximum Gasteiger partial charge on any atom is 0.272 e. The molecule has 0 atom stereocenters. The van der Waals surface area contributed by atoms with Gasteiger partial charge >= 0.3 is 0 Å². The zero-order chi connectivity index (χ0) is 17.1. The summed E-state index contributed by atoms with van der Waals surface area (Å²) in [7, 11) is 0. The Labute approximate surface area is 137 Å². The summed E-state index contributed by atoms with van der Waals surface area (Å²) in [4.78, 5) is 12.1. The SMILES string of the molecule is Cc1cc(CNC(=O)c2ccn(-c3ccccc3F)n2)ccc1F. The number of rotatable bonds is 4. The van der Waals surface area contributed by atoms with Gasteiger partial charge in [-0.05, 0) is 42.3 Å². The molecular weight excluding hydrogens is 312 g/mol. The first kappa shape index (κ1) is 15.9. The molecule has 0 unspecified atom stereocenters. The van der Waals surface area contributed by atoms with Crippen LogP contribution in [-0.2, 0) is 6.54 Å². The molecule has 3 aromatic rings. The number of aryl methyl sites for hydroxylation is 1. The monoisotopic (exact) mass is 327 g/mol. The Morgan fingerprint density at radius 2 is 1.92 bits per heavy atom. The number of nitrogens with one attached hydrogen (secondary N) is 1. The third kappa shape index (κ3) is 3.32. The summed E-state index contributed by atoms with van der Waals surface area (Å²) in [5.41, 5.74) is 1.75. The number of para-hydroxylation sites is 1. The molecule has 0 fully saturated rings. The zero-order valence-corrected chi connectivity index (χ0v) is 13.0. The number of carbonyl (C=O) groups is 1. The van der Waals surface area contributed by atoms with E-state index >= 15 is 0 Å². The van der Waals surface area contributed by atoms with Gasteiger partial charge in [0.1, 0.15) is 17.3 Å². The highest BCUT2D eigenvalue weighted by atomic mass is 19.1. The molecule has 0 aliphatic heterocycles. The van der Waals surface area contributed by atoms with Crippen molar-refractivity contribution in [2.45, 2.75) is 13.5 Å². The van der Waals surface area contributed by atoms with Gasteiger partial charge in [-0.3, -0.25) is 4.79 Å². The van der Waals surface area contributed by atoms with Crippen LogP contribution in [-0.4, -0.2) is 15.7 Å². The van der Waals surface area contributed by atoms with E-state index in [1.165, 1.54) is 29.1 Å². The van der Waals surface area contributed by atoms with Gasteiger partial charge in [-0.15, -0.1) is 0 Å². The minimum atomic E-state index is -0.422. The van der Waals surface area contributed by atoms with Crippen molar-refractivity contribution in [2.24, 2.45) is 0 Å². The number of aromatic nitrogens is 2. The van der Waals surface area contributed by atoms with Gasteiger partial charge in [0, 0.05) is 12.7 Å². The molecule has 1 aromatic heterocycles. The normalized spacial score (nSPS) is 10.6. The fourth-order valence-corrected chi connectivity index (χ4v) is 2.31. The van der Waals surface area contributed by atoms with Gasteiger partial charge in [0.15, 0.2) is 5.69 Å². The fraction of sp³-hybridized carbons (Fsp3) is 0.111. The molecule has 2 aromatic carbocycles. The Balaban J connectivity index is 1.70. The lowest BCUT2D eigenvalue weighted by Crippen LogP contribution is -2.23. The first-order valence-electron chi connectivity index (χ1n) is 7.38. The predicted octanol–water partition coefficient (Wildman–Crippen LogP) is 3.39. The lowest BCUT2D eigenvalue weighted by atomic mass is 10.1. The molecule has 0 saturated heterocycles. The molecule has 0 spiro atoms. The quantitative estimate of drug-likeness (QED) is 0.798. The molecule has 1 amide bonds. The summed E-state index contributed by atoms with van der Waals surface area (Å²) in [6.45, 7) is 1.92. The van der Waals surface area contributed by atoms with Gasteiger partial charge in [-0.2, -0.15) is 5.10 Å². The standard InChI is InChI=1S/C18H15F2N3O/c1-12-10-13(6-7-14(12)19)11-21-18(24)16-8-9-23(22-16)17-5-3-2-4-15(17)20/h2-10H,11H2,1H3,(H,21,24). The van der Waals surface area contributed by atoms with Crippen LogP contribution in [0.25, 0.3) is 5.69 Å². The summed E-state index contributed by atoms with van der Waals surface area (Å²) < 4.78 is 28.3. The molecule has 0 aliphatic carbocycles. The van der Waals surface area contributed by atoms with Gasteiger partial charge < -0.3 is 5.32 Å². The van der Waals surface area contributed by atoms with Crippen LogP contribution in [0, 0.1) is 18.6 Å². The molecule has 1 heterocycles. The molecule has 122 valence electrons. The molecule has 3 rings (SSSR count). The highest BCUT2D eigenvalue weighted by molar-refractivity contribution is 5.92. The van der Waals surface area contributed by atoms with Crippen molar-refractivity contribution < 1.29 is 13.6 Å². The lowest BCUT2D eigenvalue weighted by Gasteiger charge is -2.05. The van der Waals surface area contributed by atoms with Crippen molar-refractivity contribution in [1.82, 2.24) is 15.1 Å². The zero-order valence-electron chi connectivity index (χ0n) is 13.0. The van der Waals surface area contributed by atoms with Gasteiger partial charge in [0.2, 0.25) is 0 Å². The summed E-state index contributed by atoms with van der Waals surface area (Å²) in [6.07, 6.45) is 1.52. The summed E-state index contributed by atoms with van der Waals surface area (Å²) in [6, 6.07) is 12.3. The van der Waals surface area contributed by atoms with Crippen LogP contribution in [0.15, 0.2) is 54.7 Å². The molecule has 1 N–H and O–H groups in total. The largest absolute Gasteiger partial charge is 0.347 e. The molecule has 6 heteroatoms. The van der Waals surface area contributed by atoms with Crippen molar-refractivity contribution >= 4 is 5.91 Å². The van der Waals surface area contributed by atoms with Crippen LogP contribution in [0.5, 0.6) is 0 Å². The molecule has 0 saturated carbocycles. The van der Waals surface area contributed by atoms with E-state index in [1.807, 2.05) is 0 Å². The van der Waals surface area contributed by atoms with Crippen LogP contribution >= 0.6 is 0 Å². The molecule has 0 bridgehead atoms. The van der Waals surface area contributed by atoms with Crippen molar-refractivity contribution in [3.63, 3.8) is 0 Å². The van der Waals surface area contributed by atoms with Crippen LogP contribution in [0.2, 0.25) is 0 Å². The Kier molecular flexibility index (Phi) is 4.37. The summed E-state index contributed by atoms with van der Waals surface area (Å²) >= 11 is 0. The van der Waals surface area contributed by atoms with E-state index in [4.69, 9.17) is 0 Å². The highest BCUT2D eigenvalue weighted by Gasteiger charge is 2.12. The highest BCUT2D eigenvalue weighted by Crippen LogP contribution is 2.12. The maximum atomic E-state index is 13.7. The number of hydrogen-bond acceptors (Lipinski definition) is 2. The predicted molar refractivity (Wildman–Crippen MR) is 85.8 cm³/mol. The van der Waals surface area contributed by atoms with Crippen molar-refractivity contribution in [3.05, 3.63) is 83.2 Å². The number of benzene rings is 2.